The van der Waals surface area contributed by atoms with Gasteiger partial charge in [-0.25, -0.2) is 0 Å². The molecule has 0 aliphatic carbocycles. The Labute approximate surface area is 176 Å². The van der Waals surface area contributed by atoms with Gasteiger partial charge in [0.2, 0.25) is 0 Å². The Hall–Kier alpha value is -1.50. The van der Waals surface area contributed by atoms with Crippen LogP contribution < -0.4 is 38.4 Å². The second-order valence-electron chi connectivity index (χ2n) is 5.51. The molecule has 0 radical (unpaired) electrons. The Bertz CT molecular complexity index is 735. The molecule has 0 saturated carbocycles. The van der Waals surface area contributed by atoms with Gasteiger partial charge in [0.25, 0.3) is 0 Å². The number of rotatable bonds is 10. The Balaban J connectivity index is 0.00000364. The first-order chi connectivity index (χ1) is 12.6. The summed E-state index contributed by atoms with van der Waals surface area (Å²) < 4.78 is 21.6. The van der Waals surface area contributed by atoms with E-state index in [4.69, 9.17) is 18.9 Å². The Morgan fingerprint density at radius 3 is 2.30 bits per heavy atom. The zero-order valence-electron chi connectivity index (χ0n) is 17.6. The van der Waals surface area contributed by atoms with Crippen molar-refractivity contribution in [2.45, 2.75) is 13.8 Å². The third kappa shape index (κ3) is 6.55. The molecule has 0 aliphatic rings. The molecule has 0 N–H and O–H groups in total. The quantitative estimate of drug-likeness (QED) is 0.343. The van der Waals surface area contributed by atoms with E-state index in [1.54, 1.807) is 32.4 Å². The molecule has 142 valence electrons. The number of methoxy groups -OCH3 is 2. The maximum absolute atomic E-state index is 12.9. The number of carbonyl (C=O) groups is 1. The maximum Gasteiger partial charge on any atom is 1.00 e. The SMILES string of the molecule is CCOCCOc1ccc(PC(=O)c2c(OC)cccc2OC)c(C)c1.[H-].[Li+]. The Morgan fingerprint density at radius 2 is 1.74 bits per heavy atom. The summed E-state index contributed by atoms with van der Waals surface area (Å²) in [5.41, 5.74) is 1.47. The zero-order valence-corrected chi connectivity index (χ0v) is 17.6. The molecule has 0 aromatic heterocycles. The van der Waals surface area contributed by atoms with Crippen molar-refractivity contribution in [1.82, 2.24) is 0 Å². The first kappa shape index (κ1) is 23.5. The van der Waals surface area contributed by atoms with Gasteiger partial charge in [-0.3, -0.25) is 4.79 Å². The summed E-state index contributed by atoms with van der Waals surface area (Å²) in [7, 11) is 3.07. The van der Waals surface area contributed by atoms with Gasteiger partial charge in [0.1, 0.15) is 29.4 Å². The number of ether oxygens (including phenoxy) is 4. The largest absolute Gasteiger partial charge is 1.00 e. The average molecular weight is 384 g/mol. The number of benzene rings is 2. The average Bonchev–Trinajstić information content (AvgIpc) is 2.66. The number of hydrogen-bond acceptors (Lipinski definition) is 5. The van der Waals surface area contributed by atoms with Crippen molar-refractivity contribution >= 4 is 19.4 Å². The summed E-state index contributed by atoms with van der Waals surface area (Å²) in [6.45, 7) is 5.67. The molecular weight excluding hydrogens is 358 g/mol. The predicted molar refractivity (Wildman–Crippen MR) is 106 cm³/mol. The van der Waals surface area contributed by atoms with Crippen LogP contribution in [0, 0.1) is 6.92 Å². The fourth-order valence-corrected chi connectivity index (χ4v) is 3.54. The minimum Gasteiger partial charge on any atom is -1.00 e. The van der Waals surface area contributed by atoms with Gasteiger partial charge < -0.3 is 20.4 Å². The van der Waals surface area contributed by atoms with Crippen LogP contribution in [0.5, 0.6) is 17.2 Å². The molecule has 0 bridgehead atoms. The molecule has 0 fully saturated rings. The zero-order chi connectivity index (χ0) is 18.9. The number of hydrogen-bond donors (Lipinski definition) is 0. The number of carbonyl (C=O) groups excluding carboxylic acids is 1. The second-order valence-corrected chi connectivity index (χ2v) is 6.76. The first-order valence-corrected chi connectivity index (χ1v) is 9.44. The van der Waals surface area contributed by atoms with Gasteiger partial charge in [0, 0.05) is 6.61 Å². The van der Waals surface area contributed by atoms with Crippen molar-refractivity contribution < 1.29 is 44.0 Å². The smallest absolute Gasteiger partial charge is 1.00 e. The molecule has 27 heavy (non-hydrogen) atoms. The van der Waals surface area contributed by atoms with E-state index in [0.717, 1.165) is 16.6 Å². The summed E-state index contributed by atoms with van der Waals surface area (Å²) in [5.74, 6) is 1.82. The Kier molecular flexibility index (Phi) is 10.5. The van der Waals surface area contributed by atoms with Crippen LogP contribution >= 0.6 is 8.58 Å². The van der Waals surface area contributed by atoms with Crippen molar-refractivity contribution in [3.8, 4) is 17.2 Å². The van der Waals surface area contributed by atoms with E-state index in [-0.39, 0.29) is 34.4 Å². The fourth-order valence-electron chi connectivity index (χ4n) is 2.49. The van der Waals surface area contributed by atoms with Gasteiger partial charge in [0.05, 0.1) is 20.8 Å². The van der Waals surface area contributed by atoms with Gasteiger partial charge in [-0.1, -0.05) is 12.1 Å². The fraction of sp³-hybridized carbons (Fsp3) is 0.350. The maximum atomic E-state index is 12.9. The summed E-state index contributed by atoms with van der Waals surface area (Å²) >= 11 is 0. The number of aryl methyl sites for hydroxylation is 1. The molecule has 1 atom stereocenters. The van der Waals surface area contributed by atoms with Crippen LogP contribution in [0.3, 0.4) is 0 Å². The molecule has 0 aliphatic heterocycles. The normalized spacial score (nSPS) is 10.5. The van der Waals surface area contributed by atoms with Crippen molar-refractivity contribution in [2.24, 2.45) is 0 Å². The monoisotopic (exact) mass is 384 g/mol. The standard InChI is InChI=1S/C20H25O5P.Li.H/c1-5-24-11-12-25-15-9-10-18(14(2)13-15)26-20(21)19-16(22-3)7-6-8-17(19)23-4;;/h6-10,13,26H,5,11-12H2,1-4H3;;/q;+1;-1. The van der Waals surface area contributed by atoms with Crippen molar-refractivity contribution in [3.63, 3.8) is 0 Å². The topological polar surface area (TPSA) is 54.0 Å². The molecule has 2 aromatic rings. The van der Waals surface area contributed by atoms with E-state index < -0.39 is 0 Å². The van der Waals surface area contributed by atoms with Crippen molar-refractivity contribution in [2.75, 3.05) is 34.0 Å². The third-order valence-electron chi connectivity index (χ3n) is 3.80. The van der Waals surface area contributed by atoms with Crippen LogP contribution in [0.4, 0.5) is 0 Å². The van der Waals surface area contributed by atoms with Gasteiger partial charge in [-0.15, -0.1) is 0 Å². The molecule has 0 saturated heterocycles. The molecule has 5 nitrogen and oxygen atoms in total. The van der Waals surface area contributed by atoms with E-state index in [1.807, 2.05) is 32.0 Å². The summed E-state index contributed by atoms with van der Waals surface area (Å²) in [6.07, 6.45) is 0. The van der Waals surface area contributed by atoms with Gasteiger partial charge in [-0.2, -0.15) is 0 Å². The van der Waals surface area contributed by atoms with Crippen LogP contribution in [0.25, 0.3) is 0 Å². The van der Waals surface area contributed by atoms with Crippen LogP contribution in [-0.4, -0.2) is 39.6 Å². The minimum absolute atomic E-state index is 0. The molecule has 7 heteroatoms. The van der Waals surface area contributed by atoms with E-state index >= 15 is 0 Å². The van der Waals surface area contributed by atoms with Crippen molar-refractivity contribution in [1.29, 1.82) is 0 Å². The molecule has 2 aromatic carbocycles. The van der Waals surface area contributed by atoms with Gasteiger partial charge >= 0.3 is 18.9 Å². The summed E-state index contributed by atoms with van der Waals surface area (Å²) in [4.78, 5) is 12.9. The van der Waals surface area contributed by atoms with Crippen LogP contribution in [0.1, 0.15) is 24.3 Å². The van der Waals surface area contributed by atoms with E-state index in [2.05, 4.69) is 0 Å². The molecular formula is C20H26LiO5P. The minimum atomic E-state index is -0.0271. The predicted octanol–water partition coefficient (Wildman–Crippen LogP) is 0.688. The molecule has 2 rings (SSSR count). The van der Waals surface area contributed by atoms with E-state index in [1.165, 1.54) is 0 Å². The summed E-state index contributed by atoms with van der Waals surface area (Å²) in [6, 6.07) is 11.1. The van der Waals surface area contributed by atoms with Crippen LogP contribution in [0.2, 0.25) is 0 Å². The first-order valence-electron chi connectivity index (χ1n) is 8.44. The Morgan fingerprint density at radius 1 is 1.07 bits per heavy atom. The van der Waals surface area contributed by atoms with E-state index in [0.29, 0.717) is 36.9 Å². The molecule has 0 spiro atoms. The molecule has 0 amide bonds. The molecule has 0 heterocycles. The second kappa shape index (κ2) is 12.1. The van der Waals surface area contributed by atoms with Crippen LogP contribution in [-0.2, 0) is 4.74 Å². The van der Waals surface area contributed by atoms with Gasteiger partial charge in [-0.05, 0) is 57.6 Å². The molecule has 1 unspecified atom stereocenters. The third-order valence-corrected chi connectivity index (χ3v) is 5.11. The van der Waals surface area contributed by atoms with Crippen molar-refractivity contribution in [3.05, 3.63) is 47.5 Å². The van der Waals surface area contributed by atoms with E-state index in [9.17, 15) is 4.79 Å². The summed E-state index contributed by atoms with van der Waals surface area (Å²) in [5, 5.41) is 0.972. The van der Waals surface area contributed by atoms with Gasteiger partial charge in [0.15, 0.2) is 5.52 Å². The van der Waals surface area contributed by atoms with Crippen LogP contribution in [0.15, 0.2) is 36.4 Å².